The van der Waals surface area contributed by atoms with E-state index < -0.39 is 22.2 Å². The van der Waals surface area contributed by atoms with Crippen molar-refractivity contribution >= 4 is 57.6 Å². The van der Waals surface area contributed by atoms with Crippen LogP contribution in [0.5, 0.6) is 0 Å². The van der Waals surface area contributed by atoms with E-state index in [1.807, 2.05) is 88.5 Å². The van der Waals surface area contributed by atoms with Gasteiger partial charge >= 0.3 is 0 Å². The van der Waals surface area contributed by atoms with Gasteiger partial charge in [0.25, 0.3) is 0 Å². The average Bonchev–Trinajstić information content (AvgIpc) is 0.891. The van der Waals surface area contributed by atoms with Gasteiger partial charge in [-0.1, -0.05) is 316 Å². The van der Waals surface area contributed by atoms with Crippen LogP contribution in [0.4, 0.5) is 0 Å². The van der Waals surface area contributed by atoms with Crippen molar-refractivity contribution in [2.45, 2.75) is 420 Å². The van der Waals surface area contributed by atoms with E-state index in [1.165, 1.54) is 118 Å². The van der Waals surface area contributed by atoms with Crippen LogP contribution in [0.25, 0.3) is 0 Å². The Morgan fingerprint density at radius 1 is 0.386 bits per heavy atom. The number of hydrogen-bond acceptors (Lipinski definition) is 17. The zero-order chi connectivity index (χ0) is 109. The molecule has 6 amide bonds. The second-order valence-electron chi connectivity index (χ2n) is 49.0. The molecule has 844 valence electrons. The summed E-state index contributed by atoms with van der Waals surface area (Å²) in [6.07, 6.45) is 26.7. The molecule has 4 saturated heterocycles. The maximum absolute atomic E-state index is 11.9. The van der Waals surface area contributed by atoms with Crippen LogP contribution in [-0.2, 0) is 68.8 Å². The minimum Gasteiger partial charge on any atom is -0.379 e. The molecule has 0 aliphatic carbocycles. The Morgan fingerprint density at radius 2 is 0.693 bits per heavy atom. The molecule has 0 saturated carbocycles. The smallest absolute Gasteiger partial charge is 0.224 e. The summed E-state index contributed by atoms with van der Waals surface area (Å²) >= 11 is -2.05. The molecule has 4 aliphatic heterocycles. The predicted molar refractivity (Wildman–Crippen MR) is 615 cm³/mol. The van der Waals surface area contributed by atoms with E-state index in [0.717, 1.165) is 137 Å². The number of rotatable bonds is 29. The summed E-state index contributed by atoms with van der Waals surface area (Å²) in [5.74, 6) is 2.89. The highest BCUT2D eigenvalue weighted by Gasteiger charge is 2.25. The summed E-state index contributed by atoms with van der Waals surface area (Å²) in [5.41, 5.74) is 3.28. The monoisotopic (exact) mass is 2040 g/mol. The number of piperazine rings is 2. The molecule has 4 fully saturated rings. The highest BCUT2D eigenvalue weighted by Crippen LogP contribution is 2.27. The van der Waals surface area contributed by atoms with Crippen molar-refractivity contribution in [3.8, 4) is 0 Å². The number of pyridine rings is 1. The fraction of sp³-hybridized carbons (Fsp3) is 0.904. The molecule has 4 aliphatic rings. The summed E-state index contributed by atoms with van der Waals surface area (Å²) in [6, 6.07) is 5.72. The third kappa shape index (κ3) is 134. The zero-order valence-electron chi connectivity index (χ0n) is 100. The number of carbonyl (C=O) groups excluding carboxylic acids is 6. The molecule has 2 unspecified atom stereocenters. The number of likely N-dealkylation sites (N-methyl/N-ethyl adjacent to an activating group) is 2. The molecule has 25 heteroatoms. The third-order valence-electron chi connectivity index (χ3n) is 21.7. The van der Waals surface area contributed by atoms with Gasteiger partial charge in [0.15, 0.2) is 22.2 Å². The first kappa shape index (κ1) is 159. The first-order valence-electron chi connectivity index (χ1n) is 53.3. The minimum atomic E-state index is -1.03. The predicted octanol–water partition coefficient (Wildman–Crippen LogP) is 26.2. The van der Waals surface area contributed by atoms with E-state index in [-0.39, 0.29) is 72.5 Å². The summed E-state index contributed by atoms with van der Waals surface area (Å²) in [5, 5.41) is 2.90. The van der Waals surface area contributed by atoms with Crippen LogP contribution < -0.4 is 5.32 Å². The van der Waals surface area contributed by atoms with Gasteiger partial charge in [-0.2, -0.15) is 0 Å². The summed E-state index contributed by atoms with van der Waals surface area (Å²) in [7, 11) is 14.5. The molecule has 0 radical (unpaired) electrons. The molecule has 5 heterocycles. The van der Waals surface area contributed by atoms with Crippen LogP contribution in [-0.4, -0.2) is 299 Å². The fourth-order valence-corrected chi connectivity index (χ4v) is 12.5. The lowest BCUT2D eigenvalue weighted by Crippen LogP contribution is -2.47. The summed E-state index contributed by atoms with van der Waals surface area (Å²) in [4.78, 5) is 90.8. The van der Waals surface area contributed by atoms with E-state index in [9.17, 15) is 37.2 Å². The molecule has 0 spiro atoms. The number of unbranched alkanes of at least 4 members (excludes halogenated alkanes) is 2. The SMILES string of the molecule is C.C.CC(=O)N(C)CCC(C)(C)C.CC(C)(C)CCC(=O)N1CCOCC1.CC(C)(C)CCCN1CCOCC1.CC(C)C(=O)N(C)CCC(C)(C)C.CC(C)C(=O)NCCC(C)(C)C.CCCC.CCCC.CCCC(C)(C)C.CCCS(=O)OC.CCCS(=O)OC.CN(C)C(=O)CCC(C)(C)C.CN1CCN(C(=O)CCC(C)(C)C)CC1.CN1CCN(CCCC(C)(C)C)CC1.c1ccncc1. The Hall–Kier alpha value is -4.05. The van der Waals surface area contributed by atoms with Crippen LogP contribution in [0.15, 0.2) is 30.6 Å². The molecular formula is C115H245N11O12S2. The Balaban J connectivity index is -0.000000144. The number of aromatic nitrogens is 1. The van der Waals surface area contributed by atoms with Crippen LogP contribution >= 0.6 is 0 Å². The van der Waals surface area contributed by atoms with Gasteiger partial charge in [0.1, 0.15) is 0 Å². The van der Waals surface area contributed by atoms with Crippen LogP contribution in [0.1, 0.15) is 420 Å². The number of amides is 6. The van der Waals surface area contributed by atoms with E-state index in [4.69, 9.17) is 9.47 Å². The highest BCUT2D eigenvalue weighted by molar-refractivity contribution is 7.80. The average molecular weight is 2040 g/mol. The molecule has 140 heavy (non-hydrogen) atoms. The zero-order valence-corrected chi connectivity index (χ0v) is 102. The Bertz CT molecular complexity index is 2950. The van der Waals surface area contributed by atoms with Crippen molar-refractivity contribution in [3.63, 3.8) is 0 Å². The van der Waals surface area contributed by atoms with Gasteiger partial charge in [-0.05, 0) is 172 Å². The van der Waals surface area contributed by atoms with Crippen molar-refractivity contribution < 1.29 is 55.0 Å². The quantitative estimate of drug-likeness (QED) is 0.0786. The van der Waals surface area contributed by atoms with E-state index >= 15 is 0 Å². The van der Waals surface area contributed by atoms with Gasteiger partial charge in [0.2, 0.25) is 35.4 Å². The Morgan fingerprint density at radius 3 is 0.943 bits per heavy atom. The van der Waals surface area contributed by atoms with E-state index in [0.29, 0.717) is 82.4 Å². The lowest BCUT2D eigenvalue weighted by atomic mass is 9.90. The van der Waals surface area contributed by atoms with Gasteiger partial charge in [0.05, 0.1) is 40.6 Å². The molecule has 23 nitrogen and oxygen atoms in total. The summed E-state index contributed by atoms with van der Waals surface area (Å²) < 4.78 is 40.0. The van der Waals surface area contributed by atoms with Crippen LogP contribution in [0.2, 0.25) is 0 Å². The Labute approximate surface area is 878 Å². The maximum Gasteiger partial charge on any atom is 0.224 e. The fourth-order valence-electron chi connectivity index (χ4n) is 11.5. The normalized spacial score (nSPS) is 14.6. The van der Waals surface area contributed by atoms with Crippen molar-refractivity contribution in [1.29, 1.82) is 0 Å². The lowest BCUT2D eigenvalue weighted by Gasteiger charge is -2.33. The molecule has 2 atom stereocenters. The number of hydrogen-bond donors (Lipinski definition) is 1. The van der Waals surface area contributed by atoms with Crippen LogP contribution in [0.3, 0.4) is 0 Å². The molecule has 0 bridgehead atoms. The van der Waals surface area contributed by atoms with Crippen molar-refractivity contribution in [2.75, 3.05) is 206 Å². The Kier molecular flexibility index (Phi) is 105. The third-order valence-corrected chi connectivity index (χ3v) is 23.9. The van der Waals surface area contributed by atoms with Crippen molar-refractivity contribution in [1.82, 2.24) is 54.4 Å². The van der Waals surface area contributed by atoms with Gasteiger partial charge in [0, 0.05) is 188 Å². The van der Waals surface area contributed by atoms with E-state index in [2.05, 4.69) is 274 Å². The first-order valence-corrected chi connectivity index (χ1v) is 55.8. The van der Waals surface area contributed by atoms with Gasteiger partial charge < -0.3 is 54.0 Å². The maximum atomic E-state index is 11.9. The molecule has 5 rings (SSSR count). The van der Waals surface area contributed by atoms with Gasteiger partial charge in [-0.15, -0.1) is 0 Å². The topological polar surface area (TPSA) is 228 Å². The highest BCUT2D eigenvalue weighted by atomic mass is 32.2. The number of ether oxygens (including phenoxy) is 2. The minimum absolute atomic E-state index is 0. The molecular weight excluding hydrogens is 1790 g/mol. The van der Waals surface area contributed by atoms with Gasteiger partial charge in [-0.25, -0.2) is 8.42 Å². The van der Waals surface area contributed by atoms with Crippen molar-refractivity contribution in [3.05, 3.63) is 30.6 Å². The number of morpholine rings is 2. The largest absolute Gasteiger partial charge is 0.379 e. The van der Waals surface area contributed by atoms with Gasteiger partial charge in [-0.3, -0.25) is 47.0 Å². The molecule has 1 N–H and O–H groups in total. The summed E-state index contributed by atoms with van der Waals surface area (Å²) in [6.45, 7) is 105. The van der Waals surface area contributed by atoms with Crippen molar-refractivity contribution in [2.24, 2.45) is 60.6 Å². The molecule has 1 aromatic heterocycles. The number of carbonyl (C=O) groups is 6. The van der Waals surface area contributed by atoms with Crippen LogP contribution in [0, 0.1) is 60.6 Å². The van der Waals surface area contributed by atoms with E-state index in [1.54, 1.807) is 43.2 Å². The number of nitrogens with one attached hydrogen (secondary N) is 1. The lowest BCUT2D eigenvalue weighted by molar-refractivity contribution is -0.136. The molecule has 1 aromatic rings. The molecule has 0 aromatic carbocycles. The second kappa shape index (κ2) is 92.3. The first-order chi connectivity index (χ1) is 63.1. The second-order valence-corrected chi connectivity index (χ2v) is 51.7. The number of nitrogens with zero attached hydrogens (tertiary/aromatic N) is 10. The standard InChI is InChI=1S/C12H24N2O.C12H26N2.C11H21NO2.2C11H23NO.C10H21NO.2C9H19NO.C7H16.C5H5N.2C4H10O2S.2C4H10.2CH4/c1-12(2,3)6-5-11(15)14-9-7-13(4)8-10-14;1-12(2,3)6-5-7-14-10-8-13(4)9-11-14;1-11(2,3)5-4-10(13)12-6-8-14-9-7-12;1-11(2,3)5-4-6-12-7-9-13-10-8-12;1-9(2)10(13)12(6)8-7-11(3,4)5;1-8(2)9(12)11-7-6-10(3,4)5;1-9(2,3)7-6-8(11)10(4)5;1-8(11)10(5)7-6-9(2,3)4;1-5-6-7(2,3)4;1-2-4-6-5-3-1;2*1-3-4-7(5)6-2;2*1-3-4-2;;/h5-10H2,1-4H3;5-11H2,1-4H3;4-9H2,1-3H3;4-10H2,1-3H3;9H,7-8H2,1-6H3;8H,6-7H2,1-5H3,(H,11,12);2*6-7H2,1-5H3;5-6H2,1-4H3;1-5H;2*3-4H2,1-2H3;2*3-4H2,1-2H3;2*1H4.